The Morgan fingerprint density at radius 1 is 1.52 bits per heavy atom. The predicted octanol–water partition coefficient (Wildman–Crippen LogP) is 2.35. The minimum Gasteiger partial charge on any atom is -0.392 e. The highest BCUT2D eigenvalue weighted by molar-refractivity contribution is 6.32. The van der Waals surface area contributed by atoms with Gasteiger partial charge < -0.3 is 15.7 Å². The Balaban J connectivity index is 1.80. The highest BCUT2D eigenvalue weighted by Crippen LogP contribution is 2.20. The van der Waals surface area contributed by atoms with E-state index >= 15 is 0 Å². The van der Waals surface area contributed by atoms with E-state index in [1.165, 1.54) is 0 Å². The molecule has 1 heterocycles. The quantitative estimate of drug-likeness (QED) is 0.730. The monoisotopic (exact) mass is 311 g/mol. The predicted molar refractivity (Wildman–Crippen MR) is 83.4 cm³/mol. The van der Waals surface area contributed by atoms with Crippen molar-refractivity contribution < 1.29 is 9.90 Å². The molecular weight excluding hydrogens is 290 g/mol. The van der Waals surface area contributed by atoms with E-state index in [0.29, 0.717) is 12.1 Å². The zero-order valence-corrected chi connectivity index (χ0v) is 12.9. The van der Waals surface area contributed by atoms with Crippen LogP contribution in [0.3, 0.4) is 0 Å². The molecule has 1 aliphatic carbocycles. The number of aliphatic hydroxyl groups is 1. The number of nitrogens with one attached hydrogen (secondary N) is 2. The van der Waals surface area contributed by atoms with Crippen LogP contribution in [-0.2, 0) is 4.79 Å². The van der Waals surface area contributed by atoms with Gasteiger partial charge in [0.05, 0.1) is 11.8 Å². The first-order valence-corrected chi connectivity index (χ1v) is 7.78. The topological polar surface area (TPSA) is 74.2 Å². The summed E-state index contributed by atoms with van der Waals surface area (Å²) in [5.41, 5.74) is 0.522. The van der Waals surface area contributed by atoms with Crippen LogP contribution in [0.2, 0.25) is 5.15 Å². The van der Waals surface area contributed by atoms with Crippen molar-refractivity contribution in [3.63, 3.8) is 0 Å². The lowest BCUT2D eigenvalue weighted by atomic mass is 9.92. The minimum absolute atomic E-state index is 0.00167. The van der Waals surface area contributed by atoms with E-state index in [9.17, 15) is 9.90 Å². The molecule has 3 N–H and O–H groups in total. The first kappa shape index (κ1) is 16.2. The fourth-order valence-corrected chi connectivity index (χ4v) is 2.86. The molecule has 0 radical (unpaired) electrons. The van der Waals surface area contributed by atoms with E-state index in [4.69, 9.17) is 11.6 Å². The molecule has 1 amide bonds. The van der Waals surface area contributed by atoms with Crippen LogP contribution in [0.4, 0.5) is 5.69 Å². The summed E-state index contributed by atoms with van der Waals surface area (Å²) in [4.78, 5) is 15.9. The molecule has 0 bridgehead atoms. The normalized spacial score (nSPS) is 23.6. The van der Waals surface area contributed by atoms with E-state index in [2.05, 4.69) is 15.6 Å². The molecule has 0 aromatic carbocycles. The number of hydrogen-bond donors (Lipinski definition) is 3. The number of rotatable bonds is 5. The maximum Gasteiger partial charge on any atom is 0.226 e. The molecule has 3 atom stereocenters. The smallest absolute Gasteiger partial charge is 0.226 e. The van der Waals surface area contributed by atoms with E-state index in [-0.39, 0.29) is 29.2 Å². The lowest BCUT2D eigenvalue weighted by molar-refractivity contribution is -0.116. The molecule has 1 aliphatic rings. The SMILES string of the molecule is CC(CC(=O)Nc1cccnc1Cl)NC1CCCCC1O. The van der Waals surface area contributed by atoms with Gasteiger partial charge in [-0.3, -0.25) is 4.79 Å². The first-order chi connectivity index (χ1) is 10.1. The van der Waals surface area contributed by atoms with Crippen LogP contribution < -0.4 is 10.6 Å². The molecule has 3 unspecified atom stereocenters. The first-order valence-electron chi connectivity index (χ1n) is 7.40. The standard InChI is InChI=1S/C15H22ClN3O2/c1-10(18-11-5-2-3-7-13(11)20)9-14(21)19-12-6-4-8-17-15(12)16/h4,6,8,10-11,13,18,20H,2-3,5,7,9H2,1H3,(H,19,21). The summed E-state index contributed by atoms with van der Waals surface area (Å²) in [5, 5.41) is 16.3. The van der Waals surface area contributed by atoms with Gasteiger partial charge in [-0.15, -0.1) is 0 Å². The van der Waals surface area contributed by atoms with Gasteiger partial charge in [0.2, 0.25) is 5.91 Å². The lowest BCUT2D eigenvalue weighted by Gasteiger charge is -2.31. The Morgan fingerprint density at radius 3 is 3.00 bits per heavy atom. The van der Waals surface area contributed by atoms with E-state index in [1.807, 2.05) is 6.92 Å². The number of hydrogen-bond acceptors (Lipinski definition) is 4. The second-order valence-electron chi connectivity index (χ2n) is 5.62. The maximum absolute atomic E-state index is 12.0. The Morgan fingerprint density at radius 2 is 2.29 bits per heavy atom. The molecule has 1 aromatic rings. The molecule has 116 valence electrons. The summed E-state index contributed by atoms with van der Waals surface area (Å²) >= 11 is 5.91. The third kappa shape index (κ3) is 4.95. The molecular formula is C15H22ClN3O2. The Bertz CT molecular complexity index is 484. The van der Waals surface area contributed by atoms with Gasteiger partial charge in [-0.05, 0) is 31.9 Å². The number of aliphatic hydroxyl groups excluding tert-OH is 1. The summed E-state index contributed by atoms with van der Waals surface area (Å²) in [6.45, 7) is 1.95. The zero-order valence-electron chi connectivity index (χ0n) is 12.2. The molecule has 1 aromatic heterocycles. The number of aromatic nitrogens is 1. The van der Waals surface area contributed by atoms with Crippen LogP contribution in [0.5, 0.6) is 0 Å². The Labute approximate surface area is 130 Å². The van der Waals surface area contributed by atoms with Crippen molar-refractivity contribution in [2.75, 3.05) is 5.32 Å². The molecule has 5 nitrogen and oxygen atoms in total. The summed E-state index contributed by atoms with van der Waals surface area (Å²) in [6, 6.07) is 3.53. The van der Waals surface area contributed by atoms with E-state index in [0.717, 1.165) is 25.7 Å². The highest BCUT2D eigenvalue weighted by Gasteiger charge is 2.24. The largest absolute Gasteiger partial charge is 0.392 e. The molecule has 0 spiro atoms. The van der Waals surface area contributed by atoms with Gasteiger partial charge in [0, 0.05) is 24.7 Å². The van der Waals surface area contributed by atoms with Crippen LogP contribution in [0.15, 0.2) is 18.3 Å². The van der Waals surface area contributed by atoms with Crippen molar-refractivity contribution in [2.24, 2.45) is 0 Å². The van der Waals surface area contributed by atoms with E-state index < -0.39 is 0 Å². The zero-order chi connectivity index (χ0) is 15.2. The van der Waals surface area contributed by atoms with Crippen molar-refractivity contribution in [1.29, 1.82) is 0 Å². The number of amides is 1. The fourth-order valence-electron chi connectivity index (χ4n) is 2.69. The van der Waals surface area contributed by atoms with Crippen molar-refractivity contribution in [2.45, 2.75) is 57.2 Å². The van der Waals surface area contributed by atoms with Crippen LogP contribution in [-0.4, -0.2) is 34.2 Å². The molecule has 21 heavy (non-hydrogen) atoms. The van der Waals surface area contributed by atoms with Crippen molar-refractivity contribution in [1.82, 2.24) is 10.3 Å². The average Bonchev–Trinajstić information content (AvgIpc) is 2.44. The van der Waals surface area contributed by atoms with Gasteiger partial charge in [-0.2, -0.15) is 0 Å². The van der Waals surface area contributed by atoms with Gasteiger partial charge in [0.1, 0.15) is 0 Å². The van der Waals surface area contributed by atoms with Crippen LogP contribution in [0, 0.1) is 0 Å². The number of carbonyl (C=O) groups is 1. The molecule has 0 aliphatic heterocycles. The third-order valence-electron chi connectivity index (χ3n) is 3.75. The van der Waals surface area contributed by atoms with Crippen molar-refractivity contribution >= 4 is 23.2 Å². The highest BCUT2D eigenvalue weighted by atomic mass is 35.5. The third-order valence-corrected chi connectivity index (χ3v) is 4.05. The van der Waals surface area contributed by atoms with Crippen LogP contribution in [0.1, 0.15) is 39.0 Å². The Kier molecular flexibility index (Phi) is 5.96. The van der Waals surface area contributed by atoms with Crippen LogP contribution in [0.25, 0.3) is 0 Å². The lowest BCUT2D eigenvalue weighted by Crippen LogP contribution is -2.47. The van der Waals surface area contributed by atoms with Crippen molar-refractivity contribution in [3.05, 3.63) is 23.5 Å². The summed E-state index contributed by atoms with van der Waals surface area (Å²) < 4.78 is 0. The average molecular weight is 312 g/mol. The fraction of sp³-hybridized carbons (Fsp3) is 0.600. The number of anilines is 1. The number of nitrogens with zero attached hydrogens (tertiary/aromatic N) is 1. The van der Waals surface area contributed by atoms with Gasteiger partial charge >= 0.3 is 0 Å². The van der Waals surface area contributed by atoms with Gasteiger partial charge in [0.25, 0.3) is 0 Å². The van der Waals surface area contributed by atoms with Crippen LogP contribution >= 0.6 is 11.6 Å². The second kappa shape index (κ2) is 7.73. The molecule has 6 heteroatoms. The summed E-state index contributed by atoms with van der Waals surface area (Å²) in [7, 11) is 0. The van der Waals surface area contributed by atoms with Gasteiger partial charge in [-0.25, -0.2) is 4.98 Å². The number of carbonyl (C=O) groups excluding carboxylic acids is 1. The summed E-state index contributed by atoms with van der Waals surface area (Å²) in [6.07, 6.45) is 5.59. The molecule has 0 saturated heterocycles. The number of pyridine rings is 1. The molecule has 1 fully saturated rings. The maximum atomic E-state index is 12.0. The number of halogens is 1. The Hall–Kier alpha value is -1.17. The minimum atomic E-state index is -0.308. The molecule has 2 rings (SSSR count). The molecule has 1 saturated carbocycles. The van der Waals surface area contributed by atoms with Gasteiger partial charge in [-0.1, -0.05) is 24.4 Å². The second-order valence-corrected chi connectivity index (χ2v) is 5.98. The van der Waals surface area contributed by atoms with Gasteiger partial charge in [0.15, 0.2) is 5.15 Å². The van der Waals surface area contributed by atoms with Crippen molar-refractivity contribution in [3.8, 4) is 0 Å². The summed E-state index contributed by atoms with van der Waals surface area (Å²) in [5.74, 6) is -0.116. The van der Waals surface area contributed by atoms with E-state index in [1.54, 1.807) is 18.3 Å².